The van der Waals surface area contributed by atoms with Crippen molar-refractivity contribution in [2.24, 2.45) is 0 Å². The number of nitriles is 1. The van der Waals surface area contributed by atoms with E-state index in [9.17, 15) is 13.6 Å². The van der Waals surface area contributed by atoms with Crippen LogP contribution >= 0.6 is 0 Å². The van der Waals surface area contributed by atoms with Crippen molar-refractivity contribution in [3.63, 3.8) is 0 Å². The molecular formula is C18H14F2N4O2. The van der Waals surface area contributed by atoms with Crippen LogP contribution in [0.15, 0.2) is 29.1 Å². The van der Waals surface area contributed by atoms with Gasteiger partial charge in [0.25, 0.3) is 0 Å². The summed E-state index contributed by atoms with van der Waals surface area (Å²) in [5.74, 6) is 0.176. The molecule has 132 valence electrons. The lowest BCUT2D eigenvalue weighted by Gasteiger charge is -2.40. The molecule has 4 aliphatic rings. The number of ether oxygens (including phenoxy) is 1. The Morgan fingerprint density at radius 1 is 1.31 bits per heavy atom. The van der Waals surface area contributed by atoms with Crippen LogP contribution in [0.1, 0.15) is 24.0 Å². The second-order valence-corrected chi connectivity index (χ2v) is 7.35. The van der Waals surface area contributed by atoms with Gasteiger partial charge < -0.3 is 9.64 Å². The predicted octanol–water partition coefficient (Wildman–Crippen LogP) is 1.91. The fraction of sp³-hybridized carbons (Fsp3) is 0.389. The number of aromatic nitrogens is 2. The van der Waals surface area contributed by atoms with Gasteiger partial charge >= 0.3 is 5.69 Å². The first-order chi connectivity index (χ1) is 12.4. The van der Waals surface area contributed by atoms with Crippen molar-refractivity contribution in [1.82, 2.24) is 9.55 Å². The Hall–Kier alpha value is -2.95. The van der Waals surface area contributed by atoms with Gasteiger partial charge in [0.1, 0.15) is 30.0 Å². The summed E-state index contributed by atoms with van der Waals surface area (Å²) in [5, 5.41) is 8.88. The lowest BCUT2D eigenvalue weighted by atomic mass is 9.71. The highest BCUT2D eigenvalue weighted by molar-refractivity contribution is 5.56. The summed E-state index contributed by atoms with van der Waals surface area (Å²) in [6, 6.07) is 7.52. The van der Waals surface area contributed by atoms with E-state index in [1.807, 2.05) is 4.90 Å². The second-order valence-electron chi connectivity index (χ2n) is 7.35. The molecule has 1 spiro atoms. The quantitative estimate of drug-likeness (QED) is 0.840. The van der Waals surface area contributed by atoms with Crippen LogP contribution in [0.5, 0.6) is 5.88 Å². The van der Waals surface area contributed by atoms with Gasteiger partial charge in [-0.3, -0.25) is 4.57 Å². The second kappa shape index (κ2) is 4.81. The van der Waals surface area contributed by atoms with Crippen molar-refractivity contribution in [3.8, 4) is 11.9 Å². The summed E-state index contributed by atoms with van der Waals surface area (Å²) < 4.78 is 34.9. The number of fused-ring (bicyclic) bond motifs is 1. The summed E-state index contributed by atoms with van der Waals surface area (Å²) in [6.45, 7) is 0.798. The van der Waals surface area contributed by atoms with Crippen LogP contribution in [-0.4, -0.2) is 27.3 Å². The summed E-state index contributed by atoms with van der Waals surface area (Å²) in [7, 11) is 0. The van der Waals surface area contributed by atoms with E-state index in [2.05, 4.69) is 4.98 Å². The molecule has 3 aliphatic heterocycles. The van der Waals surface area contributed by atoms with Crippen LogP contribution in [0, 0.1) is 17.1 Å². The van der Waals surface area contributed by atoms with Gasteiger partial charge in [0.05, 0.1) is 24.2 Å². The number of halogens is 2. The molecule has 0 atom stereocenters. The van der Waals surface area contributed by atoms with E-state index in [4.69, 9.17) is 10.00 Å². The molecule has 0 N–H and O–H groups in total. The molecule has 0 radical (unpaired) electrons. The van der Waals surface area contributed by atoms with Crippen LogP contribution < -0.4 is 15.3 Å². The van der Waals surface area contributed by atoms with Crippen molar-refractivity contribution in [3.05, 3.63) is 51.7 Å². The average molecular weight is 356 g/mol. The van der Waals surface area contributed by atoms with Gasteiger partial charge in [-0.05, 0) is 17.7 Å². The topological polar surface area (TPSA) is 71.1 Å². The molecule has 6 nitrogen and oxygen atoms in total. The molecule has 0 amide bonds. The molecule has 2 saturated heterocycles. The summed E-state index contributed by atoms with van der Waals surface area (Å²) in [5.41, 5.74) is -1.34. The number of hydrogen-bond acceptors (Lipinski definition) is 5. The normalized spacial score (nSPS) is 27.5. The van der Waals surface area contributed by atoms with Crippen LogP contribution in [0.25, 0.3) is 0 Å². The third kappa shape index (κ3) is 2.00. The van der Waals surface area contributed by atoms with E-state index in [-0.39, 0.29) is 23.6 Å². The van der Waals surface area contributed by atoms with E-state index in [1.165, 1.54) is 18.2 Å². The number of rotatable bonds is 3. The fourth-order valence-corrected chi connectivity index (χ4v) is 4.52. The monoisotopic (exact) mass is 356 g/mol. The SMILES string of the molecule is N#Cc1cc(COc2cc3n(c(=O)n2)CC24CC(F)(CN32)C4)ccc1F. The van der Waals surface area contributed by atoms with Crippen molar-refractivity contribution >= 4 is 5.82 Å². The van der Waals surface area contributed by atoms with Gasteiger partial charge in [-0.25, -0.2) is 13.6 Å². The smallest absolute Gasteiger partial charge is 0.352 e. The van der Waals surface area contributed by atoms with Gasteiger partial charge in [0.2, 0.25) is 5.88 Å². The highest BCUT2D eigenvalue weighted by atomic mass is 19.1. The van der Waals surface area contributed by atoms with Crippen molar-refractivity contribution in [2.75, 3.05) is 11.4 Å². The van der Waals surface area contributed by atoms with E-state index in [0.29, 0.717) is 37.3 Å². The summed E-state index contributed by atoms with van der Waals surface area (Å²) >= 11 is 0. The molecule has 2 aromatic rings. The standard InChI is InChI=1S/C18H14F2N4O2/c19-13-2-1-11(3-12(13)5-21)6-26-14-4-15-23(16(25)22-14)10-18-7-17(20,8-18)9-24(15)18/h1-4H,6-10H2. The largest absolute Gasteiger partial charge is 0.473 e. The first-order valence-corrected chi connectivity index (χ1v) is 8.31. The number of anilines is 1. The summed E-state index contributed by atoms with van der Waals surface area (Å²) in [4.78, 5) is 18.2. The minimum absolute atomic E-state index is 0.0447. The predicted molar refractivity (Wildman–Crippen MR) is 87.1 cm³/mol. The average Bonchev–Trinajstić information content (AvgIpc) is 3.14. The van der Waals surface area contributed by atoms with Gasteiger partial charge in [-0.1, -0.05) is 6.07 Å². The van der Waals surface area contributed by atoms with Crippen LogP contribution in [0.2, 0.25) is 0 Å². The molecule has 1 aromatic heterocycles. The Kier molecular flexibility index (Phi) is 2.84. The lowest BCUT2D eigenvalue weighted by molar-refractivity contribution is 0.0573. The highest BCUT2D eigenvalue weighted by Crippen LogP contribution is 2.60. The zero-order valence-electron chi connectivity index (χ0n) is 13.7. The molecule has 8 heteroatoms. The van der Waals surface area contributed by atoms with Gasteiger partial charge in [0, 0.05) is 18.9 Å². The molecular weight excluding hydrogens is 342 g/mol. The third-order valence-corrected chi connectivity index (χ3v) is 5.54. The molecule has 26 heavy (non-hydrogen) atoms. The van der Waals surface area contributed by atoms with Gasteiger partial charge in [-0.15, -0.1) is 0 Å². The first kappa shape index (κ1) is 15.3. The maximum atomic E-state index is 14.3. The van der Waals surface area contributed by atoms with Crippen LogP contribution in [0.4, 0.5) is 14.6 Å². The zero-order chi connectivity index (χ0) is 18.1. The van der Waals surface area contributed by atoms with Crippen LogP contribution in [-0.2, 0) is 13.2 Å². The Labute approximate surface area is 147 Å². The van der Waals surface area contributed by atoms with E-state index < -0.39 is 17.2 Å². The van der Waals surface area contributed by atoms with E-state index in [1.54, 1.807) is 16.7 Å². The van der Waals surface area contributed by atoms with Crippen LogP contribution in [0.3, 0.4) is 0 Å². The van der Waals surface area contributed by atoms with E-state index >= 15 is 0 Å². The minimum atomic E-state index is -1.15. The Morgan fingerprint density at radius 3 is 2.88 bits per heavy atom. The van der Waals surface area contributed by atoms with Crippen molar-refractivity contribution in [2.45, 2.75) is 37.2 Å². The Morgan fingerprint density at radius 2 is 2.12 bits per heavy atom. The summed E-state index contributed by atoms with van der Waals surface area (Å²) in [6.07, 6.45) is 0.896. The Bertz CT molecular complexity index is 1040. The zero-order valence-corrected chi connectivity index (χ0v) is 13.7. The maximum absolute atomic E-state index is 14.3. The number of benzene rings is 1. The third-order valence-electron chi connectivity index (χ3n) is 5.54. The Balaban J connectivity index is 1.41. The molecule has 2 bridgehead atoms. The highest BCUT2D eigenvalue weighted by Gasteiger charge is 2.69. The molecule has 1 aromatic carbocycles. The first-order valence-electron chi connectivity index (χ1n) is 8.31. The van der Waals surface area contributed by atoms with E-state index in [0.717, 1.165) is 0 Å². The van der Waals surface area contributed by atoms with Crippen molar-refractivity contribution in [1.29, 1.82) is 5.26 Å². The minimum Gasteiger partial charge on any atom is -0.473 e. The number of hydrogen-bond donors (Lipinski definition) is 0. The molecule has 1 saturated carbocycles. The number of nitrogens with zero attached hydrogens (tertiary/aromatic N) is 4. The van der Waals surface area contributed by atoms with Gasteiger partial charge in [-0.2, -0.15) is 10.2 Å². The molecule has 0 unspecified atom stereocenters. The van der Waals surface area contributed by atoms with Crippen molar-refractivity contribution < 1.29 is 13.5 Å². The molecule has 3 fully saturated rings. The van der Waals surface area contributed by atoms with Gasteiger partial charge in [0.15, 0.2) is 0 Å². The number of alkyl halides is 1. The molecule has 1 aliphatic carbocycles. The molecule has 4 heterocycles. The fourth-order valence-electron chi connectivity index (χ4n) is 4.52. The lowest BCUT2D eigenvalue weighted by Crippen LogP contribution is -2.50. The maximum Gasteiger partial charge on any atom is 0.352 e. The molecule has 6 rings (SSSR count).